The van der Waals surface area contributed by atoms with Gasteiger partial charge in [-0.2, -0.15) is 0 Å². The van der Waals surface area contributed by atoms with Gasteiger partial charge < -0.3 is 13.5 Å². The van der Waals surface area contributed by atoms with Crippen molar-refractivity contribution >= 4 is 19.5 Å². The number of rotatable bonds is 34. The minimum Gasteiger partial charge on any atom is -0.379 e. The topological polar surface area (TPSA) is 69.7 Å². The van der Waals surface area contributed by atoms with Gasteiger partial charge in [0, 0.05) is 12.8 Å². The van der Waals surface area contributed by atoms with Gasteiger partial charge in [-0.15, -0.1) is 0 Å². The van der Waals surface area contributed by atoms with Crippen molar-refractivity contribution in [2.45, 2.75) is 194 Å². The SMILES string of the molecule is CCCCCCCC/C=C\CCCCCCCC(=O)OP(=O)(C[N+](C)(C)C)OC(=O)CCCCCCC/C=C\CCCCCCCC. The first kappa shape index (κ1) is 45.6. The molecular weight excluding hydrogens is 605 g/mol. The molecule has 0 unspecified atom stereocenters. The van der Waals surface area contributed by atoms with Gasteiger partial charge in [0.05, 0.1) is 21.1 Å². The molecule has 0 N–H and O–H groups in total. The molecule has 0 radical (unpaired) electrons. The van der Waals surface area contributed by atoms with Crippen molar-refractivity contribution in [2.75, 3.05) is 27.4 Å². The summed E-state index contributed by atoms with van der Waals surface area (Å²) in [4.78, 5) is 25.1. The highest BCUT2D eigenvalue weighted by Crippen LogP contribution is 2.50. The van der Waals surface area contributed by atoms with E-state index in [1.807, 2.05) is 21.1 Å². The van der Waals surface area contributed by atoms with Gasteiger partial charge in [-0.1, -0.05) is 141 Å². The van der Waals surface area contributed by atoms with Crippen LogP contribution in [0.15, 0.2) is 24.3 Å². The predicted molar refractivity (Wildman–Crippen MR) is 202 cm³/mol. The predicted octanol–water partition coefficient (Wildman–Crippen LogP) is 13.0. The number of carbonyl (C=O) groups is 2. The van der Waals surface area contributed by atoms with Crippen LogP contribution in [-0.2, 0) is 23.2 Å². The largest absolute Gasteiger partial charge is 0.489 e. The van der Waals surface area contributed by atoms with Crippen molar-refractivity contribution in [2.24, 2.45) is 0 Å². The molecule has 0 bridgehead atoms. The van der Waals surface area contributed by atoms with Gasteiger partial charge >= 0.3 is 19.5 Å². The molecule has 0 aromatic rings. The molecule has 0 aliphatic heterocycles. The lowest BCUT2D eigenvalue weighted by Gasteiger charge is -2.27. The van der Waals surface area contributed by atoms with Gasteiger partial charge in [0.25, 0.3) is 0 Å². The van der Waals surface area contributed by atoms with E-state index in [-0.39, 0.29) is 23.6 Å². The molecular formula is C40H77NO5P+. The maximum absolute atomic E-state index is 13.5. The minimum absolute atomic E-state index is 0.0246. The Morgan fingerprint density at radius 3 is 1.04 bits per heavy atom. The van der Waals surface area contributed by atoms with E-state index in [9.17, 15) is 14.2 Å². The van der Waals surface area contributed by atoms with Crippen LogP contribution in [0.3, 0.4) is 0 Å². The Morgan fingerprint density at radius 2 is 0.745 bits per heavy atom. The number of carbonyl (C=O) groups excluding carboxylic acids is 2. The van der Waals surface area contributed by atoms with Crippen molar-refractivity contribution in [3.05, 3.63) is 24.3 Å². The third kappa shape index (κ3) is 34.3. The summed E-state index contributed by atoms with van der Waals surface area (Å²) < 4.78 is 24.5. The molecule has 0 fully saturated rings. The van der Waals surface area contributed by atoms with Crippen LogP contribution in [-0.4, -0.2) is 43.9 Å². The van der Waals surface area contributed by atoms with Gasteiger partial charge in [0.2, 0.25) is 6.29 Å². The number of nitrogens with zero attached hydrogens (tertiary/aromatic N) is 1. The molecule has 0 saturated carbocycles. The summed E-state index contributed by atoms with van der Waals surface area (Å²) in [5.74, 6) is -1.07. The van der Waals surface area contributed by atoms with E-state index in [4.69, 9.17) is 9.05 Å². The van der Waals surface area contributed by atoms with Gasteiger partial charge in [-0.25, -0.2) is 4.57 Å². The molecule has 0 aromatic heterocycles. The van der Waals surface area contributed by atoms with E-state index in [1.54, 1.807) is 0 Å². The number of hydrogen-bond donors (Lipinski definition) is 0. The summed E-state index contributed by atoms with van der Waals surface area (Å²) in [6.07, 6.45) is 40.4. The minimum atomic E-state index is -3.87. The maximum Gasteiger partial charge on any atom is 0.489 e. The molecule has 0 amide bonds. The van der Waals surface area contributed by atoms with Crippen LogP contribution in [0.1, 0.15) is 194 Å². The van der Waals surface area contributed by atoms with Crippen molar-refractivity contribution < 1.29 is 27.7 Å². The highest BCUT2D eigenvalue weighted by atomic mass is 31.2. The molecule has 0 aliphatic carbocycles. The molecule has 47 heavy (non-hydrogen) atoms. The van der Waals surface area contributed by atoms with Crippen LogP contribution < -0.4 is 0 Å². The first-order valence-electron chi connectivity index (χ1n) is 19.8. The summed E-state index contributed by atoms with van der Waals surface area (Å²) in [5.41, 5.74) is 0. The van der Waals surface area contributed by atoms with E-state index >= 15 is 0 Å². The van der Waals surface area contributed by atoms with E-state index < -0.39 is 19.5 Å². The summed E-state index contributed by atoms with van der Waals surface area (Å²) >= 11 is 0. The van der Waals surface area contributed by atoms with Crippen LogP contribution >= 0.6 is 7.60 Å². The smallest absolute Gasteiger partial charge is 0.379 e. The summed E-state index contributed by atoms with van der Waals surface area (Å²) in [6, 6.07) is 0. The van der Waals surface area contributed by atoms with Crippen LogP contribution in [0.2, 0.25) is 0 Å². The van der Waals surface area contributed by atoms with E-state index in [2.05, 4.69) is 38.2 Å². The van der Waals surface area contributed by atoms with Gasteiger partial charge in [0.15, 0.2) is 0 Å². The highest BCUT2D eigenvalue weighted by molar-refractivity contribution is 7.54. The van der Waals surface area contributed by atoms with Gasteiger partial charge in [-0.05, 0) is 64.2 Å². The Labute approximate surface area is 292 Å². The van der Waals surface area contributed by atoms with Crippen molar-refractivity contribution in [1.29, 1.82) is 0 Å². The molecule has 0 aliphatic rings. The van der Waals surface area contributed by atoms with E-state index in [1.165, 1.54) is 103 Å². The van der Waals surface area contributed by atoms with Crippen molar-refractivity contribution in [3.8, 4) is 0 Å². The van der Waals surface area contributed by atoms with E-state index in [0.717, 1.165) is 51.4 Å². The fourth-order valence-corrected chi connectivity index (χ4v) is 7.67. The molecule has 0 aromatic carbocycles. The Bertz CT molecular complexity index is 790. The number of hydrogen-bond acceptors (Lipinski definition) is 5. The first-order valence-corrected chi connectivity index (χ1v) is 21.5. The monoisotopic (exact) mass is 683 g/mol. The summed E-state index contributed by atoms with van der Waals surface area (Å²) in [6.45, 7) is 4.51. The normalized spacial score (nSPS) is 12.4. The number of quaternary nitrogens is 1. The highest BCUT2D eigenvalue weighted by Gasteiger charge is 2.38. The van der Waals surface area contributed by atoms with Gasteiger partial charge in [0.1, 0.15) is 0 Å². The second-order valence-corrected chi connectivity index (χ2v) is 16.5. The molecule has 0 atom stereocenters. The zero-order valence-electron chi connectivity index (χ0n) is 31.8. The average molecular weight is 683 g/mol. The molecule has 0 spiro atoms. The van der Waals surface area contributed by atoms with Crippen LogP contribution in [0.5, 0.6) is 0 Å². The molecule has 7 heteroatoms. The maximum atomic E-state index is 13.5. The van der Waals surface area contributed by atoms with Crippen LogP contribution in [0, 0.1) is 0 Å². The number of unbranched alkanes of at least 4 members (excludes halogenated alkanes) is 22. The van der Waals surface area contributed by atoms with Crippen LogP contribution in [0.25, 0.3) is 0 Å². The summed E-state index contributed by atoms with van der Waals surface area (Å²) in [5, 5.41) is 0. The van der Waals surface area contributed by atoms with Crippen molar-refractivity contribution in [3.63, 3.8) is 0 Å². The second kappa shape index (κ2) is 31.9. The van der Waals surface area contributed by atoms with E-state index in [0.29, 0.717) is 12.8 Å². The lowest BCUT2D eigenvalue weighted by Crippen LogP contribution is -2.36. The Morgan fingerprint density at radius 1 is 0.468 bits per heavy atom. The Hall–Kier alpha value is -1.39. The average Bonchev–Trinajstić information content (AvgIpc) is 2.99. The third-order valence-electron chi connectivity index (χ3n) is 8.36. The summed E-state index contributed by atoms with van der Waals surface area (Å²) in [7, 11) is 1.67. The van der Waals surface area contributed by atoms with Crippen LogP contribution in [0.4, 0.5) is 0 Å². The second-order valence-electron chi connectivity index (χ2n) is 14.6. The number of allylic oxidation sites excluding steroid dienone is 4. The molecule has 6 nitrogen and oxygen atoms in total. The van der Waals surface area contributed by atoms with Crippen molar-refractivity contribution in [1.82, 2.24) is 0 Å². The zero-order chi connectivity index (χ0) is 34.9. The first-order chi connectivity index (χ1) is 22.6. The molecule has 0 saturated heterocycles. The molecule has 276 valence electrons. The molecule has 0 rings (SSSR count). The Balaban J connectivity index is 4.07. The fourth-order valence-electron chi connectivity index (χ4n) is 5.68. The Kier molecular flexibility index (Phi) is 30.9. The third-order valence-corrected chi connectivity index (χ3v) is 10.5. The quantitative estimate of drug-likeness (QED) is 0.0292. The lowest BCUT2D eigenvalue weighted by molar-refractivity contribution is -0.859. The zero-order valence-corrected chi connectivity index (χ0v) is 32.6. The van der Waals surface area contributed by atoms with Gasteiger partial charge in [-0.3, -0.25) is 9.59 Å². The standard InChI is InChI=1S/C40H77NO5P/c1-6-8-10-12-14-16-18-20-22-24-26-28-30-32-34-36-39(42)45-47(44,38-41(3,4)5)46-40(43)37-35-33-31-29-27-25-23-21-19-17-15-13-11-9-7-2/h20-23H,6-19,24-38H2,1-5H3/q+1/b22-20-,23-21-. The fraction of sp³-hybridized carbons (Fsp3) is 0.850. The molecule has 0 heterocycles. The lowest BCUT2D eigenvalue weighted by atomic mass is 10.1.